The van der Waals surface area contributed by atoms with Crippen molar-refractivity contribution in [3.8, 4) is 0 Å². The number of nitrogens with zero attached hydrogens (tertiary/aromatic N) is 1. The molecule has 8 atom stereocenters. The van der Waals surface area contributed by atoms with Crippen LogP contribution in [0.5, 0.6) is 0 Å². The number of hydrogen-bond acceptors (Lipinski definition) is 7. The molecule has 0 aromatic carbocycles. The Morgan fingerprint density at radius 2 is 1.59 bits per heavy atom. The molecule has 6 aliphatic rings. The number of oxime groups is 1. The van der Waals surface area contributed by atoms with Gasteiger partial charge in [-0.15, -0.1) is 5.16 Å². The standard InChI is InChI=1S/C25H39NO6/c1-22-7-8-25(31-11-12-32-25)13-16(22)3-4-17-18-5-6-20(23(2)29-9-10-30-23)24(18,15-26-28)14-19(27)21(17)22/h15-21,27-28H,3-14H2,1-2H3/b26-15-/t16-,17+,18+,19+,20-,21-,22+,24-/m1/s1. The molecule has 0 amide bonds. The van der Waals surface area contributed by atoms with E-state index in [0.717, 1.165) is 44.9 Å². The van der Waals surface area contributed by atoms with Crippen LogP contribution in [0, 0.1) is 40.4 Å². The SMILES string of the molecule is CC1([C@H]2CC[C@H]3[C@@H]4CC[C@@H]5CC6(CC[C@]5(C)[C@H]4[C@@H](O)C[C@]23/C=N\O)OCCO6)OCCO1. The van der Waals surface area contributed by atoms with Crippen molar-refractivity contribution < 1.29 is 29.3 Å². The van der Waals surface area contributed by atoms with Crippen LogP contribution in [0.4, 0.5) is 0 Å². The summed E-state index contributed by atoms with van der Waals surface area (Å²) in [7, 11) is 0. The minimum absolute atomic E-state index is 0.0910. The van der Waals surface area contributed by atoms with Gasteiger partial charge in [-0.05, 0) is 74.5 Å². The number of aliphatic hydroxyl groups is 1. The number of fused-ring (bicyclic) bond motifs is 5. The van der Waals surface area contributed by atoms with Crippen LogP contribution in [0.15, 0.2) is 5.16 Å². The molecular formula is C25H39NO6. The molecule has 2 saturated heterocycles. The van der Waals surface area contributed by atoms with E-state index in [-0.39, 0.29) is 28.5 Å². The Kier molecular flexibility index (Phi) is 5.02. The topological polar surface area (TPSA) is 89.7 Å². The van der Waals surface area contributed by atoms with Gasteiger partial charge in [0.1, 0.15) is 0 Å². The monoisotopic (exact) mass is 449 g/mol. The summed E-state index contributed by atoms with van der Waals surface area (Å²) >= 11 is 0. The lowest BCUT2D eigenvalue weighted by molar-refractivity contribution is -0.247. The minimum Gasteiger partial charge on any atom is -0.411 e. The Labute approximate surface area is 190 Å². The highest BCUT2D eigenvalue weighted by molar-refractivity contribution is 5.68. The lowest BCUT2D eigenvalue weighted by Gasteiger charge is -2.63. The van der Waals surface area contributed by atoms with Crippen molar-refractivity contribution in [2.75, 3.05) is 26.4 Å². The Morgan fingerprint density at radius 1 is 0.875 bits per heavy atom. The van der Waals surface area contributed by atoms with E-state index in [1.807, 2.05) is 6.92 Å². The molecule has 4 aliphatic carbocycles. The second-order valence-corrected chi connectivity index (χ2v) is 11.9. The van der Waals surface area contributed by atoms with Gasteiger partial charge in [-0.1, -0.05) is 6.92 Å². The third-order valence-electron chi connectivity index (χ3n) is 10.8. The van der Waals surface area contributed by atoms with Crippen LogP contribution in [0.3, 0.4) is 0 Å². The summed E-state index contributed by atoms with van der Waals surface area (Å²) in [5.41, 5.74) is -0.293. The Bertz CT molecular complexity index is 762. The number of rotatable bonds is 2. The van der Waals surface area contributed by atoms with Crippen molar-refractivity contribution in [2.45, 2.75) is 82.9 Å². The fourth-order valence-electron chi connectivity index (χ4n) is 9.61. The fraction of sp³-hybridized carbons (Fsp3) is 0.960. The van der Waals surface area contributed by atoms with Crippen LogP contribution in [0.1, 0.15) is 65.2 Å². The van der Waals surface area contributed by atoms with Crippen molar-refractivity contribution >= 4 is 6.21 Å². The molecule has 7 heteroatoms. The van der Waals surface area contributed by atoms with E-state index >= 15 is 0 Å². The van der Waals surface area contributed by atoms with E-state index in [2.05, 4.69) is 12.1 Å². The molecule has 6 rings (SSSR count). The van der Waals surface area contributed by atoms with Crippen LogP contribution in [-0.2, 0) is 18.9 Å². The lowest BCUT2D eigenvalue weighted by atomic mass is 9.43. The molecule has 2 heterocycles. The largest absolute Gasteiger partial charge is 0.411 e. The zero-order valence-electron chi connectivity index (χ0n) is 19.5. The van der Waals surface area contributed by atoms with E-state index in [1.165, 1.54) is 0 Å². The van der Waals surface area contributed by atoms with Gasteiger partial charge in [0.15, 0.2) is 11.6 Å². The quantitative estimate of drug-likeness (QED) is 0.381. The molecular weight excluding hydrogens is 410 g/mol. The van der Waals surface area contributed by atoms with Crippen LogP contribution >= 0.6 is 0 Å². The molecule has 0 aromatic heterocycles. The smallest absolute Gasteiger partial charge is 0.169 e. The van der Waals surface area contributed by atoms with Gasteiger partial charge in [0.2, 0.25) is 0 Å². The zero-order chi connectivity index (χ0) is 22.2. The molecule has 0 radical (unpaired) electrons. The van der Waals surface area contributed by atoms with E-state index in [0.29, 0.717) is 50.6 Å². The van der Waals surface area contributed by atoms with Crippen molar-refractivity contribution in [3.05, 3.63) is 0 Å². The normalized spacial score (nSPS) is 51.6. The highest BCUT2D eigenvalue weighted by atomic mass is 16.7. The Hall–Kier alpha value is -0.730. The molecule has 0 bridgehead atoms. The second-order valence-electron chi connectivity index (χ2n) is 11.9. The third-order valence-corrected chi connectivity index (χ3v) is 10.8. The molecule has 0 unspecified atom stereocenters. The minimum atomic E-state index is -0.669. The molecule has 0 aromatic rings. The number of hydrogen-bond donors (Lipinski definition) is 2. The predicted octanol–water partition coefficient (Wildman–Crippen LogP) is 3.56. The zero-order valence-corrected chi connectivity index (χ0v) is 19.5. The van der Waals surface area contributed by atoms with Crippen LogP contribution in [0.2, 0.25) is 0 Å². The average Bonchev–Trinajstić information content (AvgIpc) is 3.48. The van der Waals surface area contributed by atoms with Crippen LogP contribution in [-0.4, -0.2) is 60.6 Å². The maximum absolute atomic E-state index is 11.8. The number of aliphatic hydroxyl groups excluding tert-OH is 1. The molecule has 32 heavy (non-hydrogen) atoms. The van der Waals surface area contributed by atoms with Crippen molar-refractivity contribution in [1.82, 2.24) is 0 Å². The van der Waals surface area contributed by atoms with E-state index < -0.39 is 11.9 Å². The van der Waals surface area contributed by atoms with Gasteiger partial charge in [0.25, 0.3) is 0 Å². The fourth-order valence-corrected chi connectivity index (χ4v) is 9.61. The first-order valence-corrected chi connectivity index (χ1v) is 12.8. The lowest BCUT2D eigenvalue weighted by Crippen LogP contribution is -2.62. The van der Waals surface area contributed by atoms with Crippen molar-refractivity contribution in [2.24, 2.45) is 45.6 Å². The second kappa shape index (κ2) is 7.38. The average molecular weight is 450 g/mol. The summed E-state index contributed by atoms with van der Waals surface area (Å²) in [4.78, 5) is 0. The molecule has 7 nitrogen and oxygen atoms in total. The molecule has 1 spiro atoms. The van der Waals surface area contributed by atoms with Gasteiger partial charge >= 0.3 is 0 Å². The van der Waals surface area contributed by atoms with Gasteiger partial charge in [0.05, 0.1) is 38.7 Å². The summed E-state index contributed by atoms with van der Waals surface area (Å²) < 4.78 is 24.4. The molecule has 2 aliphatic heterocycles. The maximum Gasteiger partial charge on any atom is 0.169 e. The van der Waals surface area contributed by atoms with E-state index in [9.17, 15) is 10.3 Å². The highest BCUT2D eigenvalue weighted by Gasteiger charge is 2.68. The Morgan fingerprint density at radius 3 is 2.31 bits per heavy atom. The third kappa shape index (κ3) is 2.87. The van der Waals surface area contributed by atoms with E-state index in [1.54, 1.807) is 6.21 Å². The van der Waals surface area contributed by atoms with Crippen molar-refractivity contribution in [1.29, 1.82) is 0 Å². The maximum atomic E-state index is 11.8. The highest BCUT2D eigenvalue weighted by Crippen LogP contribution is 2.69. The van der Waals surface area contributed by atoms with Gasteiger partial charge in [-0.3, -0.25) is 0 Å². The summed E-state index contributed by atoms with van der Waals surface area (Å²) in [6, 6.07) is 0. The molecule has 180 valence electrons. The summed E-state index contributed by atoms with van der Waals surface area (Å²) in [6.45, 7) is 7.07. The number of ether oxygens (including phenoxy) is 4. The first kappa shape index (κ1) is 21.8. The van der Waals surface area contributed by atoms with Crippen LogP contribution in [0.25, 0.3) is 0 Å². The first-order chi connectivity index (χ1) is 15.4. The van der Waals surface area contributed by atoms with Crippen LogP contribution < -0.4 is 0 Å². The van der Waals surface area contributed by atoms with Gasteiger partial charge in [0, 0.05) is 24.2 Å². The Balaban J connectivity index is 1.33. The van der Waals surface area contributed by atoms with Crippen molar-refractivity contribution in [3.63, 3.8) is 0 Å². The molecule has 2 N–H and O–H groups in total. The molecule has 6 fully saturated rings. The predicted molar refractivity (Wildman–Crippen MR) is 116 cm³/mol. The van der Waals surface area contributed by atoms with Gasteiger partial charge < -0.3 is 29.3 Å². The van der Waals surface area contributed by atoms with Gasteiger partial charge in [-0.2, -0.15) is 0 Å². The summed E-state index contributed by atoms with van der Waals surface area (Å²) in [5, 5.41) is 25.1. The first-order valence-electron chi connectivity index (χ1n) is 12.8. The summed E-state index contributed by atoms with van der Waals surface area (Å²) in [6.07, 6.45) is 9.17. The van der Waals surface area contributed by atoms with E-state index in [4.69, 9.17) is 18.9 Å². The summed E-state index contributed by atoms with van der Waals surface area (Å²) in [5.74, 6) is 0.630. The molecule has 4 saturated carbocycles. The van der Waals surface area contributed by atoms with Gasteiger partial charge in [-0.25, -0.2) is 0 Å².